The molecule has 1 amide bonds. The summed E-state index contributed by atoms with van der Waals surface area (Å²) in [5.74, 6) is -0.305. The number of ketones is 1. The second kappa shape index (κ2) is 11.1. The lowest BCUT2D eigenvalue weighted by atomic mass is 9.94. The van der Waals surface area contributed by atoms with Crippen molar-refractivity contribution in [2.24, 2.45) is 0 Å². The lowest BCUT2D eigenvalue weighted by molar-refractivity contribution is -0.132. The first-order valence-corrected chi connectivity index (χ1v) is 13.8. The number of benzene rings is 3. The number of rotatable bonds is 8. The highest BCUT2D eigenvalue weighted by Gasteiger charge is 2.48. The number of aromatic nitrogens is 1. The minimum absolute atomic E-state index is 0.0828. The quantitative estimate of drug-likeness (QED) is 0.156. The van der Waals surface area contributed by atoms with E-state index in [1.54, 1.807) is 36.4 Å². The molecule has 1 fully saturated rings. The number of aliphatic hydroxyl groups excluding tert-OH is 1. The number of nitrogens with zero attached hydrogens (tertiary/aromatic N) is 2. The van der Waals surface area contributed by atoms with Crippen LogP contribution in [0.2, 0.25) is 0 Å². The van der Waals surface area contributed by atoms with Gasteiger partial charge in [0.25, 0.3) is 5.78 Å². The van der Waals surface area contributed by atoms with Crippen LogP contribution in [0.5, 0.6) is 23.0 Å². The van der Waals surface area contributed by atoms with Gasteiger partial charge in [-0.15, -0.1) is 0 Å². The van der Waals surface area contributed by atoms with E-state index in [9.17, 15) is 14.7 Å². The summed E-state index contributed by atoms with van der Waals surface area (Å²) >= 11 is 1.31. The fraction of sp³-hybridized carbons (Fsp3) is 0.258. The Morgan fingerprint density at radius 2 is 1.63 bits per heavy atom. The third-order valence-corrected chi connectivity index (χ3v) is 7.91. The van der Waals surface area contributed by atoms with Crippen LogP contribution < -0.4 is 23.8 Å². The number of Topliss-reactive ketones (excluding diaryl/α,β-unsaturated/α-hetero) is 1. The van der Waals surface area contributed by atoms with Gasteiger partial charge in [0, 0.05) is 5.56 Å². The average molecular weight is 575 g/mol. The SMILES string of the molecule is CCOc1ccc(/C(O)=C2\C(=O)C(=O)N(c3nc4c(C)cc(C)cc4s3)[C@H]2c2cc(OC)c(OC)c(OC)c2)cc1. The van der Waals surface area contributed by atoms with Gasteiger partial charge in [0.2, 0.25) is 5.75 Å². The Kier molecular flexibility index (Phi) is 7.59. The number of hydrogen-bond acceptors (Lipinski definition) is 9. The van der Waals surface area contributed by atoms with Crippen LogP contribution >= 0.6 is 11.3 Å². The Morgan fingerprint density at radius 1 is 0.976 bits per heavy atom. The second-order valence-electron chi connectivity index (χ2n) is 9.51. The van der Waals surface area contributed by atoms with Crippen LogP contribution in [0.4, 0.5) is 5.13 Å². The number of ether oxygens (including phenoxy) is 4. The molecule has 212 valence electrons. The smallest absolute Gasteiger partial charge is 0.301 e. The van der Waals surface area contributed by atoms with E-state index in [2.05, 4.69) is 0 Å². The molecule has 1 aliphatic rings. The number of amides is 1. The van der Waals surface area contributed by atoms with Gasteiger partial charge in [0.15, 0.2) is 16.6 Å². The fourth-order valence-corrected chi connectivity index (χ4v) is 6.27. The van der Waals surface area contributed by atoms with Gasteiger partial charge < -0.3 is 24.1 Å². The first kappa shape index (κ1) is 28.0. The highest BCUT2D eigenvalue weighted by Crippen LogP contribution is 2.48. The molecule has 1 saturated heterocycles. The van der Waals surface area contributed by atoms with Crippen molar-refractivity contribution in [1.82, 2.24) is 4.98 Å². The largest absolute Gasteiger partial charge is 0.507 e. The van der Waals surface area contributed by atoms with Gasteiger partial charge in [0.1, 0.15) is 11.5 Å². The van der Waals surface area contributed by atoms with Gasteiger partial charge >= 0.3 is 5.91 Å². The maximum Gasteiger partial charge on any atom is 0.301 e. The predicted octanol–water partition coefficient (Wildman–Crippen LogP) is 5.96. The summed E-state index contributed by atoms with van der Waals surface area (Å²) in [7, 11) is 4.46. The van der Waals surface area contributed by atoms with Crippen LogP contribution in [0.15, 0.2) is 54.1 Å². The molecule has 0 aliphatic carbocycles. The topological polar surface area (TPSA) is 107 Å². The van der Waals surface area contributed by atoms with Crippen molar-refractivity contribution >= 4 is 44.1 Å². The number of thiazole rings is 1. The number of aryl methyl sites for hydroxylation is 2. The van der Waals surface area contributed by atoms with Gasteiger partial charge in [-0.2, -0.15) is 0 Å². The van der Waals surface area contributed by atoms with Crippen LogP contribution in [-0.2, 0) is 9.59 Å². The predicted molar refractivity (Wildman–Crippen MR) is 158 cm³/mol. The number of fused-ring (bicyclic) bond motifs is 1. The molecule has 9 nitrogen and oxygen atoms in total. The van der Waals surface area contributed by atoms with Gasteiger partial charge in [0.05, 0.1) is 49.8 Å². The molecule has 3 aromatic carbocycles. The average Bonchev–Trinajstić information content (AvgIpc) is 3.50. The fourth-order valence-electron chi connectivity index (χ4n) is 5.10. The van der Waals surface area contributed by atoms with Crippen molar-refractivity contribution in [2.45, 2.75) is 26.8 Å². The molecule has 41 heavy (non-hydrogen) atoms. The molecule has 0 saturated carbocycles. The second-order valence-corrected chi connectivity index (χ2v) is 10.5. The summed E-state index contributed by atoms with van der Waals surface area (Å²) in [6.45, 7) is 6.30. The molecule has 1 aromatic heterocycles. The molecule has 0 radical (unpaired) electrons. The van der Waals surface area contributed by atoms with Crippen molar-refractivity contribution < 1.29 is 33.6 Å². The normalized spacial score (nSPS) is 16.3. The standard InChI is InChI=1S/C31H30N2O7S/c1-7-40-20-10-8-18(9-11-20)27(34)24-26(19-14-21(37-4)29(39-6)22(15-19)38-5)33(30(36)28(24)35)31-32-25-17(3)12-16(2)13-23(25)41-31/h8-15,26,34H,7H2,1-6H3/b27-24+/t26-/m0/s1. The van der Waals surface area contributed by atoms with Crippen LogP contribution in [0.1, 0.15) is 35.2 Å². The molecule has 1 aliphatic heterocycles. The maximum absolute atomic E-state index is 13.7. The number of hydrogen-bond donors (Lipinski definition) is 1. The third-order valence-electron chi connectivity index (χ3n) is 6.91. The summed E-state index contributed by atoms with van der Waals surface area (Å²) in [6.07, 6.45) is 0. The van der Waals surface area contributed by atoms with Crippen LogP contribution in [0, 0.1) is 13.8 Å². The molecule has 1 atom stereocenters. The van der Waals surface area contributed by atoms with Crippen LogP contribution in [0.3, 0.4) is 0 Å². The summed E-state index contributed by atoms with van der Waals surface area (Å²) in [6, 6.07) is 13.0. The molecule has 0 unspecified atom stereocenters. The van der Waals surface area contributed by atoms with E-state index in [1.807, 2.05) is 32.9 Å². The Morgan fingerprint density at radius 3 is 2.22 bits per heavy atom. The van der Waals surface area contributed by atoms with E-state index in [4.69, 9.17) is 23.9 Å². The van der Waals surface area contributed by atoms with E-state index in [-0.39, 0.29) is 11.3 Å². The van der Waals surface area contributed by atoms with Crippen molar-refractivity contribution in [3.63, 3.8) is 0 Å². The zero-order chi connectivity index (χ0) is 29.4. The summed E-state index contributed by atoms with van der Waals surface area (Å²) in [5, 5.41) is 11.9. The van der Waals surface area contributed by atoms with E-state index in [1.165, 1.54) is 37.6 Å². The number of anilines is 1. The summed E-state index contributed by atoms with van der Waals surface area (Å²) < 4.78 is 23.0. The Bertz CT molecular complexity index is 1670. The van der Waals surface area contributed by atoms with Crippen LogP contribution in [-0.4, -0.2) is 49.7 Å². The molecule has 1 N–H and O–H groups in total. The minimum atomic E-state index is -1.03. The minimum Gasteiger partial charge on any atom is -0.507 e. The number of methoxy groups -OCH3 is 3. The first-order chi connectivity index (χ1) is 19.7. The van der Waals surface area contributed by atoms with Crippen molar-refractivity contribution in [2.75, 3.05) is 32.8 Å². The van der Waals surface area contributed by atoms with E-state index in [0.29, 0.717) is 45.9 Å². The van der Waals surface area contributed by atoms with Crippen molar-refractivity contribution in [3.05, 3.63) is 76.4 Å². The number of aliphatic hydroxyl groups is 1. The molecule has 2 heterocycles. The highest BCUT2D eigenvalue weighted by atomic mass is 32.1. The van der Waals surface area contributed by atoms with Crippen LogP contribution in [0.25, 0.3) is 16.0 Å². The molecule has 10 heteroatoms. The Balaban J connectivity index is 1.76. The van der Waals surface area contributed by atoms with Crippen molar-refractivity contribution in [3.8, 4) is 23.0 Å². The zero-order valence-electron chi connectivity index (χ0n) is 23.6. The molecular formula is C31H30N2O7S. The highest BCUT2D eigenvalue weighted by molar-refractivity contribution is 7.22. The Hall–Kier alpha value is -4.57. The number of carbonyl (C=O) groups excluding carboxylic acids is 2. The van der Waals surface area contributed by atoms with Gasteiger partial charge in [-0.05, 0) is 79.9 Å². The lowest BCUT2D eigenvalue weighted by Crippen LogP contribution is -2.29. The molecule has 0 spiro atoms. The van der Waals surface area contributed by atoms with Gasteiger partial charge in [-0.1, -0.05) is 17.4 Å². The molecule has 5 rings (SSSR count). The Labute approximate surface area is 241 Å². The maximum atomic E-state index is 13.7. The molecular weight excluding hydrogens is 544 g/mol. The van der Waals surface area contributed by atoms with E-state index in [0.717, 1.165) is 21.3 Å². The summed E-state index contributed by atoms with van der Waals surface area (Å²) in [5.41, 5.74) is 3.51. The first-order valence-electron chi connectivity index (χ1n) is 12.9. The van der Waals surface area contributed by atoms with Crippen molar-refractivity contribution in [1.29, 1.82) is 0 Å². The zero-order valence-corrected chi connectivity index (χ0v) is 24.4. The summed E-state index contributed by atoms with van der Waals surface area (Å²) in [4.78, 5) is 33.5. The van der Waals surface area contributed by atoms with Gasteiger partial charge in [-0.3, -0.25) is 14.5 Å². The van der Waals surface area contributed by atoms with E-state index >= 15 is 0 Å². The lowest BCUT2D eigenvalue weighted by Gasteiger charge is -2.24. The molecule has 0 bridgehead atoms. The van der Waals surface area contributed by atoms with Gasteiger partial charge in [-0.25, -0.2) is 4.98 Å². The molecule has 4 aromatic rings. The third kappa shape index (κ3) is 4.84. The van der Waals surface area contributed by atoms with E-state index < -0.39 is 17.7 Å². The monoisotopic (exact) mass is 574 g/mol. The number of carbonyl (C=O) groups is 2.